The number of aliphatic carboxylic acids is 1. The van der Waals surface area contributed by atoms with E-state index in [0.29, 0.717) is 5.56 Å². The van der Waals surface area contributed by atoms with Crippen LogP contribution in [0.3, 0.4) is 0 Å². The monoisotopic (exact) mass is 201 g/mol. The highest BCUT2D eigenvalue weighted by molar-refractivity contribution is 5.86. The highest BCUT2D eigenvalue weighted by Crippen LogP contribution is 2.17. The van der Waals surface area contributed by atoms with Gasteiger partial charge in [0.05, 0.1) is 11.6 Å². The maximum Gasteiger partial charge on any atom is 0.328 e. The minimum Gasteiger partial charge on any atom is -0.478 e. The molecule has 0 atom stereocenters. The van der Waals surface area contributed by atoms with Crippen molar-refractivity contribution < 1.29 is 9.90 Å². The summed E-state index contributed by atoms with van der Waals surface area (Å²) in [4.78, 5) is 10.4. The number of aryl methyl sites for hydroxylation is 2. The first-order chi connectivity index (χ1) is 7.04. The van der Waals surface area contributed by atoms with Crippen molar-refractivity contribution in [1.29, 1.82) is 5.26 Å². The van der Waals surface area contributed by atoms with Crippen LogP contribution in [0.2, 0.25) is 0 Å². The fourth-order valence-electron chi connectivity index (χ4n) is 1.46. The van der Waals surface area contributed by atoms with Gasteiger partial charge in [-0.15, -0.1) is 0 Å². The van der Waals surface area contributed by atoms with E-state index >= 15 is 0 Å². The average Bonchev–Trinajstić information content (AvgIpc) is 2.15. The standard InChI is InChI=1S/C12H11NO2/c1-8-5-10(7-13)6-9(2)11(8)3-4-12(14)15/h3-6H,1-2H3,(H,14,15)/b4-3+. The van der Waals surface area contributed by atoms with Gasteiger partial charge in [0.1, 0.15) is 0 Å². The number of carboxylic acid groups (broad SMARTS) is 1. The first-order valence-electron chi connectivity index (χ1n) is 4.47. The summed E-state index contributed by atoms with van der Waals surface area (Å²) in [6.45, 7) is 3.71. The third-order valence-corrected chi connectivity index (χ3v) is 2.12. The average molecular weight is 201 g/mol. The molecule has 0 unspecified atom stereocenters. The molecule has 0 aromatic heterocycles. The summed E-state index contributed by atoms with van der Waals surface area (Å²) in [5, 5.41) is 17.3. The maximum atomic E-state index is 10.4. The van der Waals surface area contributed by atoms with Crippen molar-refractivity contribution in [3.63, 3.8) is 0 Å². The Hall–Kier alpha value is -2.08. The molecule has 15 heavy (non-hydrogen) atoms. The molecule has 0 radical (unpaired) electrons. The van der Waals surface area contributed by atoms with Gasteiger partial charge in [0, 0.05) is 6.08 Å². The zero-order chi connectivity index (χ0) is 11.4. The lowest BCUT2D eigenvalue weighted by molar-refractivity contribution is -0.131. The topological polar surface area (TPSA) is 61.1 Å². The van der Waals surface area contributed by atoms with Crippen LogP contribution in [0.4, 0.5) is 0 Å². The molecule has 0 aliphatic rings. The summed E-state index contributed by atoms with van der Waals surface area (Å²) in [7, 11) is 0. The van der Waals surface area contributed by atoms with Crippen LogP contribution in [0.1, 0.15) is 22.3 Å². The van der Waals surface area contributed by atoms with Crippen LogP contribution in [0.15, 0.2) is 18.2 Å². The summed E-state index contributed by atoms with van der Waals surface area (Å²) in [5.41, 5.74) is 3.27. The number of rotatable bonds is 2. The Bertz CT molecular complexity index is 444. The van der Waals surface area contributed by atoms with Gasteiger partial charge in [-0.1, -0.05) is 0 Å². The molecular weight excluding hydrogens is 190 g/mol. The number of hydrogen-bond acceptors (Lipinski definition) is 2. The Morgan fingerprint density at radius 1 is 1.40 bits per heavy atom. The first kappa shape index (κ1) is 11.0. The Balaban J connectivity index is 3.21. The van der Waals surface area contributed by atoms with Crippen molar-refractivity contribution in [2.75, 3.05) is 0 Å². The Morgan fingerprint density at radius 2 is 1.93 bits per heavy atom. The minimum absolute atomic E-state index is 0.595. The molecule has 1 aromatic rings. The van der Waals surface area contributed by atoms with Crippen molar-refractivity contribution in [1.82, 2.24) is 0 Å². The van der Waals surface area contributed by atoms with Crippen molar-refractivity contribution in [3.05, 3.63) is 40.5 Å². The molecule has 0 bridgehead atoms. The van der Waals surface area contributed by atoms with E-state index in [2.05, 4.69) is 6.07 Å². The summed E-state index contributed by atoms with van der Waals surface area (Å²) in [6, 6.07) is 5.55. The van der Waals surface area contributed by atoms with Gasteiger partial charge in [-0.25, -0.2) is 4.79 Å². The minimum atomic E-state index is -0.974. The maximum absolute atomic E-state index is 10.4. The van der Waals surface area contributed by atoms with Crippen LogP contribution in [0.25, 0.3) is 6.08 Å². The normalized spacial score (nSPS) is 10.2. The van der Waals surface area contributed by atoms with Crippen LogP contribution in [-0.2, 0) is 4.79 Å². The Morgan fingerprint density at radius 3 is 2.33 bits per heavy atom. The predicted octanol–water partition coefficient (Wildman–Crippen LogP) is 2.27. The van der Waals surface area contributed by atoms with Gasteiger partial charge in [0.15, 0.2) is 0 Å². The molecular formula is C12H11NO2. The third kappa shape index (κ3) is 2.68. The largest absolute Gasteiger partial charge is 0.478 e. The van der Waals surface area contributed by atoms with E-state index in [9.17, 15) is 4.79 Å². The van der Waals surface area contributed by atoms with Crippen LogP contribution >= 0.6 is 0 Å². The number of carbonyl (C=O) groups is 1. The van der Waals surface area contributed by atoms with Gasteiger partial charge in [0.2, 0.25) is 0 Å². The molecule has 0 aliphatic heterocycles. The summed E-state index contributed by atoms with van der Waals surface area (Å²) < 4.78 is 0. The Kier molecular flexibility index (Phi) is 3.25. The lowest BCUT2D eigenvalue weighted by Crippen LogP contribution is -1.91. The van der Waals surface area contributed by atoms with E-state index in [0.717, 1.165) is 22.8 Å². The molecule has 1 rings (SSSR count). The third-order valence-electron chi connectivity index (χ3n) is 2.12. The second-order valence-corrected chi connectivity index (χ2v) is 3.31. The SMILES string of the molecule is Cc1cc(C#N)cc(C)c1/C=C/C(=O)O. The molecule has 1 aromatic carbocycles. The molecule has 3 nitrogen and oxygen atoms in total. The second kappa shape index (κ2) is 4.43. The zero-order valence-electron chi connectivity index (χ0n) is 8.61. The molecule has 0 amide bonds. The predicted molar refractivity (Wildman–Crippen MR) is 57.3 cm³/mol. The van der Waals surface area contributed by atoms with Gasteiger partial charge in [-0.2, -0.15) is 5.26 Å². The van der Waals surface area contributed by atoms with Crippen LogP contribution < -0.4 is 0 Å². The summed E-state index contributed by atoms with van der Waals surface area (Å²) in [5.74, 6) is -0.974. The van der Waals surface area contributed by atoms with E-state index in [1.807, 2.05) is 13.8 Å². The smallest absolute Gasteiger partial charge is 0.328 e. The first-order valence-corrected chi connectivity index (χ1v) is 4.47. The van der Waals surface area contributed by atoms with Crippen LogP contribution in [0.5, 0.6) is 0 Å². The van der Waals surface area contributed by atoms with Gasteiger partial charge >= 0.3 is 5.97 Å². The Labute approximate surface area is 88.3 Å². The highest BCUT2D eigenvalue weighted by Gasteiger charge is 2.02. The van der Waals surface area contributed by atoms with Gasteiger partial charge in [-0.05, 0) is 48.7 Å². The molecule has 0 aliphatic carbocycles. The van der Waals surface area contributed by atoms with E-state index < -0.39 is 5.97 Å². The number of carboxylic acids is 1. The van der Waals surface area contributed by atoms with Crippen molar-refractivity contribution >= 4 is 12.0 Å². The zero-order valence-corrected chi connectivity index (χ0v) is 8.61. The fraction of sp³-hybridized carbons (Fsp3) is 0.167. The van der Waals surface area contributed by atoms with E-state index in [-0.39, 0.29) is 0 Å². The van der Waals surface area contributed by atoms with Crippen molar-refractivity contribution in [2.24, 2.45) is 0 Å². The highest BCUT2D eigenvalue weighted by atomic mass is 16.4. The van der Waals surface area contributed by atoms with E-state index in [4.69, 9.17) is 10.4 Å². The number of hydrogen-bond donors (Lipinski definition) is 1. The van der Waals surface area contributed by atoms with E-state index in [1.165, 1.54) is 0 Å². The quantitative estimate of drug-likeness (QED) is 0.746. The molecule has 0 saturated carbocycles. The second-order valence-electron chi connectivity index (χ2n) is 3.31. The number of benzene rings is 1. The summed E-state index contributed by atoms with van der Waals surface area (Å²) >= 11 is 0. The molecule has 0 saturated heterocycles. The molecule has 0 spiro atoms. The molecule has 0 fully saturated rings. The van der Waals surface area contributed by atoms with E-state index in [1.54, 1.807) is 18.2 Å². The molecule has 76 valence electrons. The van der Waals surface area contributed by atoms with Crippen molar-refractivity contribution in [3.8, 4) is 6.07 Å². The van der Waals surface area contributed by atoms with Crippen LogP contribution in [-0.4, -0.2) is 11.1 Å². The number of nitriles is 1. The lowest BCUT2D eigenvalue weighted by Gasteiger charge is -2.05. The van der Waals surface area contributed by atoms with Crippen molar-refractivity contribution in [2.45, 2.75) is 13.8 Å². The summed E-state index contributed by atoms with van der Waals surface area (Å²) in [6.07, 6.45) is 2.65. The van der Waals surface area contributed by atoms with Gasteiger partial charge in [-0.3, -0.25) is 0 Å². The molecule has 1 N–H and O–H groups in total. The molecule has 3 heteroatoms. The molecule has 0 heterocycles. The van der Waals surface area contributed by atoms with Gasteiger partial charge in [0.25, 0.3) is 0 Å². The lowest BCUT2D eigenvalue weighted by atomic mass is 9.99. The van der Waals surface area contributed by atoms with Crippen LogP contribution in [0, 0.1) is 25.2 Å². The fourth-order valence-corrected chi connectivity index (χ4v) is 1.46. The number of nitrogens with zero attached hydrogens (tertiary/aromatic N) is 1. The van der Waals surface area contributed by atoms with Gasteiger partial charge < -0.3 is 5.11 Å².